The number of carbonyl (C=O) groups excluding carboxylic acids is 1. The number of hydrogen-bond acceptors (Lipinski definition) is 4. The Morgan fingerprint density at radius 3 is 2.88 bits per heavy atom. The smallest absolute Gasteiger partial charge is 0.318 e. The molecular formula is C18H26N2O4. The van der Waals surface area contributed by atoms with Crippen molar-refractivity contribution in [1.29, 1.82) is 0 Å². The Morgan fingerprint density at radius 1 is 1.42 bits per heavy atom. The normalized spacial score (nSPS) is 25.4. The van der Waals surface area contributed by atoms with Gasteiger partial charge in [0.2, 0.25) is 0 Å². The number of rotatable bonds is 2. The fourth-order valence-corrected chi connectivity index (χ4v) is 3.27. The van der Waals surface area contributed by atoms with Crippen molar-refractivity contribution < 1.29 is 19.0 Å². The summed E-state index contributed by atoms with van der Waals surface area (Å²) in [5.41, 5.74) is 0.501. The minimum atomic E-state index is -0.478. The van der Waals surface area contributed by atoms with Crippen molar-refractivity contribution in [3.8, 4) is 11.5 Å². The highest BCUT2D eigenvalue weighted by atomic mass is 16.5. The number of ether oxygens (including phenoxy) is 3. The van der Waals surface area contributed by atoms with Crippen molar-refractivity contribution in [1.82, 2.24) is 10.2 Å². The Hall–Kier alpha value is -1.95. The van der Waals surface area contributed by atoms with Crippen LogP contribution in [-0.4, -0.2) is 48.9 Å². The van der Waals surface area contributed by atoms with Crippen LogP contribution in [0.3, 0.4) is 0 Å². The molecule has 0 bridgehead atoms. The topological polar surface area (TPSA) is 60.0 Å². The van der Waals surface area contributed by atoms with Gasteiger partial charge in [-0.25, -0.2) is 4.79 Å². The monoisotopic (exact) mass is 334 g/mol. The highest BCUT2D eigenvalue weighted by Crippen LogP contribution is 2.32. The number of fused-ring (bicyclic) bond motifs is 1. The van der Waals surface area contributed by atoms with Crippen LogP contribution in [0.15, 0.2) is 18.2 Å². The van der Waals surface area contributed by atoms with E-state index in [0.717, 1.165) is 23.5 Å². The summed E-state index contributed by atoms with van der Waals surface area (Å²) in [5.74, 6) is 1.52. The molecule has 1 aromatic carbocycles. The van der Waals surface area contributed by atoms with Gasteiger partial charge < -0.3 is 24.4 Å². The summed E-state index contributed by atoms with van der Waals surface area (Å²) in [7, 11) is 1.63. The second-order valence-corrected chi connectivity index (χ2v) is 7.22. The van der Waals surface area contributed by atoms with Gasteiger partial charge in [-0.15, -0.1) is 0 Å². The van der Waals surface area contributed by atoms with Crippen molar-refractivity contribution in [2.24, 2.45) is 0 Å². The van der Waals surface area contributed by atoms with Crippen molar-refractivity contribution in [2.75, 3.05) is 20.3 Å². The van der Waals surface area contributed by atoms with Gasteiger partial charge in [-0.2, -0.15) is 0 Å². The van der Waals surface area contributed by atoms with E-state index in [1.54, 1.807) is 12.0 Å². The molecule has 1 N–H and O–H groups in total. The van der Waals surface area contributed by atoms with Crippen LogP contribution in [-0.2, 0) is 11.3 Å². The number of amides is 2. The van der Waals surface area contributed by atoms with Gasteiger partial charge in [0.05, 0.1) is 39.0 Å². The van der Waals surface area contributed by atoms with Gasteiger partial charge in [0, 0.05) is 11.6 Å². The highest BCUT2D eigenvalue weighted by molar-refractivity contribution is 5.75. The zero-order valence-electron chi connectivity index (χ0n) is 14.8. The largest absolute Gasteiger partial charge is 0.497 e. The molecule has 0 aromatic heterocycles. The van der Waals surface area contributed by atoms with Gasteiger partial charge >= 0.3 is 6.03 Å². The lowest BCUT2D eigenvalue weighted by Gasteiger charge is -2.30. The number of hydrogen-bond donors (Lipinski definition) is 1. The number of methoxy groups -OCH3 is 1. The summed E-state index contributed by atoms with van der Waals surface area (Å²) in [6, 6.07) is 5.73. The van der Waals surface area contributed by atoms with Gasteiger partial charge in [0.15, 0.2) is 0 Å². The Morgan fingerprint density at radius 2 is 2.21 bits per heavy atom. The molecule has 0 spiro atoms. The average Bonchev–Trinajstić information content (AvgIpc) is 2.85. The summed E-state index contributed by atoms with van der Waals surface area (Å²) in [4.78, 5) is 14.5. The molecule has 0 radical (unpaired) electrons. The number of nitrogens with zero attached hydrogens (tertiary/aromatic N) is 1. The third-order valence-electron chi connectivity index (χ3n) is 4.41. The Kier molecular flexibility index (Phi) is 4.58. The number of nitrogens with one attached hydrogen (secondary N) is 1. The standard InChI is InChI=1S/C18H26N2O4/c1-12-7-14(10-23-12)19-17(21)20-9-13-5-6-15(22-4)8-16(13)24-18(2,3)11-20/h5-6,8,12,14H,7,9-11H2,1-4H3,(H,19,21). The first kappa shape index (κ1) is 16.9. The van der Waals surface area contributed by atoms with Crippen LogP contribution in [0, 0.1) is 0 Å². The van der Waals surface area contributed by atoms with Crippen molar-refractivity contribution in [2.45, 2.75) is 51.5 Å². The molecule has 0 aliphatic carbocycles. The van der Waals surface area contributed by atoms with E-state index < -0.39 is 5.60 Å². The highest BCUT2D eigenvalue weighted by Gasteiger charge is 2.33. The Balaban J connectivity index is 1.77. The molecule has 132 valence electrons. The van der Waals surface area contributed by atoms with Crippen LogP contribution in [0.2, 0.25) is 0 Å². The average molecular weight is 334 g/mol. The molecule has 2 aliphatic heterocycles. The van der Waals surface area contributed by atoms with Gasteiger partial charge in [-0.3, -0.25) is 0 Å². The molecule has 1 saturated heterocycles. The molecular weight excluding hydrogens is 308 g/mol. The van der Waals surface area contributed by atoms with E-state index in [4.69, 9.17) is 14.2 Å². The van der Waals surface area contributed by atoms with E-state index in [9.17, 15) is 4.79 Å². The lowest BCUT2D eigenvalue weighted by Crippen LogP contribution is -2.49. The summed E-state index contributed by atoms with van der Waals surface area (Å²) in [6.45, 7) is 7.61. The first-order chi connectivity index (χ1) is 11.4. The lowest BCUT2D eigenvalue weighted by molar-refractivity contribution is 0.0795. The number of urea groups is 1. The second kappa shape index (κ2) is 6.51. The zero-order chi connectivity index (χ0) is 17.3. The van der Waals surface area contributed by atoms with Gasteiger partial charge in [-0.05, 0) is 39.3 Å². The summed E-state index contributed by atoms with van der Waals surface area (Å²) in [6.07, 6.45) is 1.06. The Bertz CT molecular complexity index is 617. The lowest BCUT2D eigenvalue weighted by atomic mass is 10.1. The minimum absolute atomic E-state index is 0.0713. The molecule has 2 aliphatic rings. The summed E-state index contributed by atoms with van der Waals surface area (Å²) in [5, 5.41) is 3.08. The molecule has 1 aromatic rings. The van der Waals surface area contributed by atoms with Crippen molar-refractivity contribution in [3.05, 3.63) is 23.8 Å². The van der Waals surface area contributed by atoms with E-state index in [2.05, 4.69) is 5.32 Å². The molecule has 24 heavy (non-hydrogen) atoms. The van der Waals surface area contributed by atoms with Gasteiger partial charge in [0.25, 0.3) is 0 Å². The molecule has 2 atom stereocenters. The van der Waals surface area contributed by atoms with Crippen LogP contribution in [0.1, 0.15) is 32.8 Å². The van der Waals surface area contributed by atoms with Crippen molar-refractivity contribution in [3.63, 3.8) is 0 Å². The Labute approximate surface area is 143 Å². The zero-order valence-corrected chi connectivity index (χ0v) is 14.8. The van der Waals surface area contributed by atoms with Crippen LogP contribution >= 0.6 is 0 Å². The molecule has 2 unspecified atom stereocenters. The van der Waals surface area contributed by atoms with Gasteiger partial charge in [-0.1, -0.05) is 0 Å². The second-order valence-electron chi connectivity index (χ2n) is 7.22. The fraction of sp³-hybridized carbons (Fsp3) is 0.611. The molecule has 2 heterocycles. The van der Waals surface area contributed by atoms with Crippen LogP contribution in [0.5, 0.6) is 11.5 Å². The van der Waals surface area contributed by atoms with Crippen molar-refractivity contribution >= 4 is 6.03 Å². The van der Waals surface area contributed by atoms with E-state index in [-0.39, 0.29) is 18.2 Å². The first-order valence-corrected chi connectivity index (χ1v) is 8.39. The summed E-state index contributed by atoms with van der Waals surface area (Å²) >= 11 is 0. The van der Waals surface area contributed by atoms with Crippen LogP contribution < -0.4 is 14.8 Å². The molecule has 2 amide bonds. The molecule has 6 nitrogen and oxygen atoms in total. The maximum atomic E-state index is 12.7. The third kappa shape index (κ3) is 3.75. The predicted octanol–water partition coefficient (Wildman–Crippen LogP) is 2.56. The van der Waals surface area contributed by atoms with E-state index >= 15 is 0 Å². The van der Waals surface area contributed by atoms with Gasteiger partial charge in [0.1, 0.15) is 17.1 Å². The predicted molar refractivity (Wildman–Crippen MR) is 90.5 cm³/mol. The molecule has 0 saturated carbocycles. The molecule has 6 heteroatoms. The van der Waals surface area contributed by atoms with Crippen LogP contribution in [0.25, 0.3) is 0 Å². The first-order valence-electron chi connectivity index (χ1n) is 8.39. The van der Waals surface area contributed by atoms with E-state index in [1.165, 1.54) is 0 Å². The quantitative estimate of drug-likeness (QED) is 0.903. The maximum absolute atomic E-state index is 12.7. The number of carbonyl (C=O) groups is 1. The molecule has 1 fully saturated rings. The van der Waals surface area contributed by atoms with E-state index in [1.807, 2.05) is 39.0 Å². The summed E-state index contributed by atoms with van der Waals surface area (Å²) < 4.78 is 16.9. The fourth-order valence-electron chi connectivity index (χ4n) is 3.27. The number of benzene rings is 1. The molecule has 3 rings (SSSR count). The minimum Gasteiger partial charge on any atom is -0.497 e. The SMILES string of the molecule is COc1ccc2c(c1)OC(C)(C)CN(C(=O)NC1COC(C)C1)C2. The van der Waals surface area contributed by atoms with Crippen LogP contribution in [0.4, 0.5) is 4.79 Å². The van der Waals surface area contributed by atoms with E-state index in [0.29, 0.717) is 19.7 Å². The maximum Gasteiger partial charge on any atom is 0.318 e. The third-order valence-corrected chi connectivity index (χ3v) is 4.41.